The highest BCUT2D eigenvalue weighted by molar-refractivity contribution is 5.84. The first-order valence-electron chi connectivity index (χ1n) is 6.55. The van der Waals surface area contributed by atoms with E-state index >= 15 is 0 Å². The second-order valence-electron chi connectivity index (χ2n) is 5.89. The minimum absolute atomic E-state index is 0.237. The van der Waals surface area contributed by atoms with E-state index < -0.39 is 11.4 Å². The summed E-state index contributed by atoms with van der Waals surface area (Å²) in [6.07, 6.45) is 8.64. The molecule has 0 aromatic carbocycles. The molecular formula is C14H18O3. The van der Waals surface area contributed by atoms with E-state index in [0.717, 1.165) is 12.8 Å². The lowest BCUT2D eigenvalue weighted by Gasteiger charge is -2.40. The predicted molar refractivity (Wildman–Crippen MR) is 62.4 cm³/mol. The summed E-state index contributed by atoms with van der Waals surface area (Å²) >= 11 is 0. The number of hydrogen-bond acceptors (Lipinski definition) is 2. The molecule has 3 aliphatic carbocycles. The van der Waals surface area contributed by atoms with Gasteiger partial charge in [0.25, 0.3) is 0 Å². The van der Waals surface area contributed by atoms with Crippen molar-refractivity contribution in [2.24, 2.45) is 23.2 Å². The van der Waals surface area contributed by atoms with Crippen molar-refractivity contribution < 1.29 is 14.7 Å². The van der Waals surface area contributed by atoms with Gasteiger partial charge in [0.05, 0.1) is 5.41 Å². The van der Waals surface area contributed by atoms with Gasteiger partial charge < -0.3 is 5.11 Å². The van der Waals surface area contributed by atoms with Crippen molar-refractivity contribution in [1.29, 1.82) is 0 Å². The zero-order valence-corrected chi connectivity index (χ0v) is 9.89. The molecule has 2 fully saturated rings. The summed E-state index contributed by atoms with van der Waals surface area (Å²) in [5.41, 5.74) is -0.613. The molecule has 2 saturated carbocycles. The van der Waals surface area contributed by atoms with Crippen LogP contribution in [0.3, 0.4) is 0 Å². The minimum Gasteiger partial charge on any atom is -0.481 e. The first-order valence-corrected chi connectivity index (χ1v) is 6.55. The monoisotopic (exact) mass is 234 g/mol. The third-order valence-corrected chi connectivity index (χ3v) is 5.11. The summed E-state index contributed by atoms with van der Waals surface area (Å²) < 4.78 is 0. The van der Waals surface area contributed by atoms with Crippen LogP contribution in [0.1, 0.15) is 38.5 Å². The molecule has 0 aromatic heterocycles. The molecule has 3 unspecified atom stereocenters. The number of hydrogen-bond donors (Lipinski definition) is 1. The van der Waals surface area contributed by atoms with Gasteiger partial charge in [-0.25, -0.2) is 0 Å². The van der Waals surface area contributed by atoms with E-state index in [1.165, 1.54) is 0 Å². The molecule has 1 N–H and O–H groups in total. The second kappa shape index (κ2) is 3.69. The molecule has 0 spiro atoms. The number of aliphatic carboxylic acids is 1. The zero-order chi connectivity index (χ0) is 12.0. The summed E-state index contributed by atoms with van der Waals surface area (Å²) in [5.74, 6) is 0.878. The Hall–Kier alpha value is -1.12. The van der Waals surface area contributed by atoms with E-state index in [-0.39, 0.29) is 11.7 Å². The fourth-order valence-corrected chi connectivity index (χ4v) is 4.13. The van der Waals surface area contributed by atoms with Gasteiger partial charge in [0.1, 0.15) is 5.78 Å². The summed E-state index contributed by atoms with van der Waals surface area (Å²) in [7, 11) is 0. The number of carboxylic acid groups (broad SMARTS) is 1. The average Bonchev–Trinajstić information content (AvgIpc) is 2.92. The molecule has 0 heterocycles. The first kappa shape index (κ1) is 11.0. The molecule has 0 amide bonds. The van der Waals surface area contributed by atoms with Crippen LogP contribution in [0.25, 0.3) is 0 Å². The van der Waals surface area contributed by atoms with Crippen LogP contribution >= 0.6 is 0 Å². The number of carbonyl (C=O) groups is 2. The van der Waals surface area contributed by atoms with Crippen molar-refractivity contribution in [3.05, 3.63) is 12.2 Å². The topological polar surface area (TPSA) is 54.4 Å². The van der Waals surface area contributed by atoms with Crippen LogP contribution in [-0.4, -0.2) is 16.9 Å². The van der Waals surface area contributed by atoms with E-state index in [1.807, 2.05) is 0 Å². The Bertz CT molecular complexity index is 386. The molecule has 3 heteroatoms. The fourth-order valence-electron chi connectivity index (χ4n) is 4.13. The fraction of sp³-hybridized carbons (Fsp3) is 0.714. The van der Waals surface area contributed by atoms with Crippen LogP contribution in [0.5, 0.6) is 0 Å². The van der Waals surface area contributed by atoms with Crippen LogP contribution in [-0.2, 0) is 9.59 Å². The SMILES string of the molecule is O=C1CCC(C(=O)O)(C2CC3C=CC2C3)CC1. The van der Waals surface area contributed by atoms with Crippen molar-refractivity contribution in [2.75, 3.05) is 0 Å². The maximum atomic E-state index is 11.7. The summed E-state index contributed by atoms with van der Waals surface area (Å²) in [6, 6.07) is 0. The molecule has 3 aliphatic rings. The van der Waals surface area contributed by atoms with Crippen molar-refractivity contribution in [3.63, 3.8) is 0 Å². The van der Waals surface area contributed by atoms with E-state index in [4.69, 9.17) is 0 Å². The van der Waals surface area contributed by atoms with Crippen LogP contribution < -0.4 is 0 Å². The third-order valence-electron chi connectivity index (χ3n) is 5.11. The number of ketones is 1. The van der Waals surface area contributed by atoms with Gasteiger partial charge in [0.2, 0.25) is 0 Å². The molecule has 92 valence electrons. The minimum atomic E-state index is -0.670. The normalized spacial score (nSPS) is 38.6. The van der Waals surface area contributed by atoms with Crippen LogP contribution in [0.2, 0.25) is 0 Å². The van der Waals surface area contributed by atoms with E-state index in [9.17, 15) is 14.7 Å². The number of fused-ring (bicyclic) bond motifs is 2. The first-order chi connectivity index (χ1) is 8.12. The molecular weight excluding hydrogens is 216 g/mol. The lowest BCUT2D eigenvalue weighted by atomic mass is 9.62. The van der Waals surface area contributed by atoms with Crippen LogP contribution in [0.15, 0.2) is 12.2 Å². The van der Waals surface area contributed by atoms with Crippen molar-refractivity contribution >= 4 is 11.8 Å². The van der Waals surface area contributed by atoms with Crippen molar-refractivity contribution in [3.8, 4) is 0 Å². The molecule has 0 aromatic rings. The van der Waals surface area contributed by atoms with E-state index in [0.29, 0.717) is 37.5 Å². The van der Waals surface area contributed by atoms with Gasteiger partial charge >= 0.3 is 5.97 Å². The van der Waals surface area contributed by atoms with Gasteiger partial charge in [-0.3, -0.25) is 9.59 Å². The van der Waals surface area contributed by atoms with Gasteiger partial charge in [-0.2, -0.15) is 0 Å². The van der Waals surface area contributed by atoms with E-state index in [2.05, 4.69) is 12.2 Å². The number of carboxylic acids is 1. The van der Waals surface area contributed by atoms with Gasteiger partial charge in [-0.15, -0.1) is 0 Å². The Morgan fingerprint density at radius 2 is 1.94 bits per heavy atom. The molecule has 3 nitrogen and oxygen atoms in total. The Labute approximate surface area is 101 Å². The lowest BCUT2D eigenvalue weighted by molar-refractivity contribution is -0.157. The lowest BCUT2D eigenvalue weighted by Crippen LogP contribution is -2.43. The summed E-state index contributed by atoms with van der Waals surface area (Å²) in [6.45, 7) is 0. The molecule has 3 atom stereocenters. The average molecular weight is 234 g/mol. The Morgan fingerprint density at radius 3 is 2.41 bits per heavy atom. The van der Waals surface area contributed by atoms with Gasteiger partial charge in [-0.05, 0) is 43.4 Å². The van der Waals surface area contributed by atoms with Crippen LogP contribution in [0, 0.1) is 23.2 Å². The number of carbonyl (C=O) groups excluding carboxylic acids is 1. The Morgan fingerprint density at radius 1 is 1.24 bits per heavy atom. The molecule has 0 radical (unpaired) electrons. The molecule has 17 heavy (non-hydrogen) atoms. The number of allylic oxidation sites excluding steroid dienone is 2. The van der Waals surface area contributed by atoms with Crippen molar-refractivity contribution in [1.82, 2.24) is 0 Å². The molecule has 2 bridgehead atoms. The third kappa shape index (κ3) is 1.55. The highest BCUT2D eigenvalue weighted by atomic mass is 16.4. The maximum Gasteiger partial charge on any atom is 0.309 e. The number of rotatable bonds is 2. The Kier molecular flexibility index (Phi) is 2.39. The Balaban J connectivity index is 1.88. The van der Waals surface area contributed by atoms with Crippen LogP contribution in [0.4, 0.5) is 0 Å². The standard InChI is InChI=1S/C14H18O3/c15-11-3-5-14(6-4-11,13(16)17)12-8-9-1-2-10(12)7-9/h1-2,9-10,12H,3-8H2,(H,16,17). The summed E-state index contributed by atoms with van der Waals surface area (Å²) in [5, 5.41) is 9.63. The van der Waals surface area contributed by atoms with E-state index in [1.54, 1.807) is 0 Å². The highest BCUT2D eigenvalue weighted by Gasteiger charge is 2.54. The van der Waals surface area contributed by atoms with Gasteiger partial charge in [-0.1, -0.05) is 12.2 Å². The molecule has 3 rings (SSSR count). The van der Waals surface area contributed by atoms with Gasteiger partial charge in [0, 0.05) is 12.8 Å². The quantitative estimate of drug-likeness (QED) is 0.746. The molecule has 0 aliphatic heterocycles. The van der Waals surface area contributed by atoms with Crippen molar-refractivity contribution in [2.45, 2.75) is 38.5 Å². The largest absolute Gasteiger partial charge is 0.481 e. The maximum absolute atomic E-state index is 11.7. The second-order valence-corrected chi connectivity index (χ2v) is 5.89. The van der Waals surface area contributed by atoms with Gasteiger partial charge in [0.15, 0.2) is 0 Å². The number of Topliss-reactive ketones (excluding diaryl/α,β-unsaturated/α-hetero) is 1. The zero-order valence-electron chi connectivity index (χ0n) is 9.89. The smallest absolute Gasteiger partial charge is 0.309 e. The highest BCUT2D eigenvalue weighted by Crippen LogP contribution is 2.55. The summed E-state index contributed by atoms with van der Waals surface area (Å²) in [4.78, 5) is 23.1. The predicted octanol–water partition coefficient (Wildman–Crippen LogP) is 2.41. The molecule has 0 saturated heterocycles.